The average molecular weight is 376 g/mol. The number of nitrogens with zero attached hydrogens (tertiary/aromatic N) is 1. The molecule has 1 aliphatic heterocycles. The van der Waals surface area contributed by atoms with E-state index >= 15 is 0 Å². The minimum absolute atomic E-state index is 0.0734. The van der Waals surface area contributed by atoms with E-state index in [0.717, 1.165) is 48.4 Å². The summed E-state index contributed by atoms with van der Waals surface area (Å²) in [6.07, 6.45) is 0. The quantitative estimate of drug-likeness (QED) is 0.718. The van der Waals surface area contributed by atoms with E-state index < -0.39 is 0 Å². The van der Waals surface area contributed by atoms with Gasteiger partial charge in [0.25, 0.3) is 5.91 Å². The number of methoxy groups -OCH3 is 1. The van der Waals surface area contributed by atoms with Gasteiger partial charge in [-0.15, -0.1) is 0 Å². The maximum Gasteiger partial charge on any atom is 0.279 e. The molecule has 1 amide bonds. The van der Waals surface area contributed by atoms with Crippen molar-refractivity contribution in [3.63, 3.8) is 0 Å². The van der Waals surface area contributed by atoms with Crippen molar-refractivity contribution in [3.8, 4) is 5.75 Å². The van der Waals surface area contributed by atoms with Gasteiger partial charge in [0, 0.05) is 16.8 Å². The van der Waals surface area contributed by atoms with Crippen molar-refractivity contribution in [2.45, 2.75) is 0 Å². The zero-order valence-corrected chi connectivity index (χ0v) is 16.2. The van der Waals surface area contributed by atoms with Crippen LogP contribution in [0.15, 0.2) is 66.7 Å². The van der Waals surface area contributed by atoms with E-state index in [1.54, 1.807) is 7.11 Å². The third kappa shape index (κ3) is 4.10. The van der Waals surface area contributed by atoms with E-state index in [-0.39, 0.29) is 5.91 Å². The number of rotatable bonds is 5. The number of quaternary nitrogens is 1. The molecule has 1 saturated heterocycles. The fraction of sp³-hybridized carbons (Fsp3) is 0.261. The normalized spacial score (nSPS) is 14.8. The molecule has 0 saturated carbocycles. The van der Waals surface area contributed by atoms with Gasteiger partial charge < -0.3 is 19.9 Å². The SMILES string of the molecule is COc1ccc(N2CC[NH+](CC(=O)Nc3cccc4ccccc34)CC2)cc1. The number of fused-ring (bicyclic) bond motifs is 1. The van der Waals surface area contributed by atoms with Crippen molar-refractivity contribution >= 4 is 28.1 Å². The molecule has 5 nitrogen and oxygen atoms in total. The van der Waals surface area contributed by atoms with Crippen LogP contribution in [0.4, 0.5) is 11.4 Å². The second kappa shape index (κ2) is 8.31. The summed E-state index contributed by atoms with van der Waals surface area (Å²) in [5, 5.41) is 5.32. The molecule has 1 aliphatic rings. The van der Waals surface area contributed by atoms with E-state index in [9.17, 15) is 4.79 Å². The number of hydrogen-bond acceptors (Lipinski definition) is 3. The van der Waals surface area contributed by atoms with Crippen LogP contribution in [0.5, 0.6) is 5.75 Å². The van der Waals surface area contributed by atoms with Crippen LogP contribution in [0, 0.1) is 0 Å². The third-order valence-corrected chi connectivity index (χ3v) is 5.38. The van der Waals surface area contributed by atoms with Crippen molar-refractivity contribution in [2.75, 3.05) is 50.1 Å². The number of piperazine rings is 1. The molecule has 0 atom stereocenters. The highest BCUT2D eigenvalue weighted by atomic mass is 16.5. The maximum atomic E-state index is 12.6. The second-order valence-electron chi connectivity index (χ2n) is 7.19. The summed E-state index contributed by atoms with van der Waals surface area (Å²) in [5.74, 6) is 0.947. The fourth-order valence-electron chi connectivity index (χ4n) is 3.81. The molecule has 3 aromatic carbocycles. The molecule has 3 aromatic rings. The molecule has 4 rings (SSSR count). The molecule has 144 valence electrons. The Kier molecular flexibility index (Phi) is 5.44. The minimum atomic E-state index is 0.0734. The van der Waals surface area contributed by atoms with E-state index in [2.05, 4.69) is 34.5 Å². The summed E-state index contributed by atoms with van der Waals surface area (Å²) in [4.78, 5) is 16.3. The lowest BCUT2D eigenvalue weighted by Gasteiger charge is -2.33. The molecule has 2 N–H and O–H groups in total. The topological polar surface area (TPSA) is 46.0 Å². The van der Waals surface area contributed by atoms with Crippen molar-refractivity contribution < 1.29 is 14.4 Å². The largest absolute Gasteiger partial charge is 0.497 e. The molecular formula is C23H26N3O2+. The van der Waals surface area contributed by atoms with E-state index in [0.29, 0.717) is 6.54 Å². The van der Waals surface area contributed by atoms with Crippen LogP contribution in [0.2, 0.25) is 0 Å². The number of carbonyl (C=O) groups is 1. The molecule has 1 heterocycles. The van der Waals surface area contributed by atoms with Crippen LogP contribution in [-0.4, -0.2) is 45.7 Å². The van der Waals surface area contributed by atoms with Gasteiger partial charge in [0.15, 0.2) is 6.54 Å². The lowest BCUT2D eigenvalue weighted by atomic mass is 10.1. The summed E-state index contributed by atoms with van der Waals surface area (Å²) in [6, 6.07) is 22.3. The monoisotopic (exact) mass is 376 g/mol. The molecule has 28 heavy (non-hydrogen) atoms. The summed E-state index contributed by atoms with van der Waals surface area (Å²) >= 11 is 0. The van der Waals surface area contributed by atoms with Crippen molar-refractivity contribution in [1.82, 2.24) is 0 Å². The standard InChI is InChI=1S/C23H25N3O2/c1-28-20-11-9-19(10-12-20)26-15-13-25(14-16-26)17-23(27)24-22-8-4-6-18-5-2-3-7-21(18)22/h2-12H,13-17H2,1H3,(H,24,27)/p+1. The van der Waals surface area contributed by atoms with Gasteiger partial charge in [-0.1, -0.05) is 36.4 Å². The summed E-state index contributed by atoms with van der Waals surface area (Å²) < 4.78 is 5.23. The van der Waals surface area contributed by atoms with Crippen molar-refractivity contribution in [2.24, 2.45) is 0 Å². The van der Waals surface area contributed by atoms with Crippen LogP contribution in [0.25, 0.3) is 10.8 Å². The van der Waals surface area contributed by atoms with Gasteiger partial charge in [0.05, 0.1) is 33.3 Å². The smallest absolute Gasteiger partial charge is 0.279 e. The zero-order chi connectivity index (χ0) is 19.3. The molecular weight excluding hydrogens is 350 g/mol. The van der Waals surface area contributed by atoms with Crippen molar-refractivity contribution in [1.29, 1.82) is 0 Å². The molecule has 0 aromatic heterocycles. The zero-order valence-electron chi connectivity index (χ0n) is 16.2. The Morgan fingerprint density at radius 1 is 1.00 bits per heavy atom. The first-order valence-electron chi connectivity index (χ1n) is 9.73. The van der Waals surface area contributed by atoms with Crippen LogP contribution >= 0.6 is 0 Å². The highest BCUT2D eigenvalue weighted by Gasteiger charge is 2.22. The highest BCUT2D eigenvalue weighted by Crippen LogP contribution is 2.22. The first-order valence-corrected chi connectivity index (χ1v) is 9.73. The Bertz CT molecular complexity index is 942. The Hall–Kier alpha value is -3.05. The molecule has 0 aliphatic carbocycles. The van der Waals surface area contributed by atoms with Crippen molar-refractivity contribution in [3.05, 3.63) is 66.7 Å². The Balaban J connectivity index is 1.32. The maximum absolute atomic E-state index is 12.6. The van der Waals surface area contributed by atoms with Gasteiger partial charge in [0.2, 0.25) is 0 Å². The number of anilines is 2. The molecule has 0 spiro atoms. The molecule has 0 bridgehead atoms. The number of hydrogen-bond donors (Lipinski definition) is 2. The predicted molar refractivity (Wildman–Crippen MR) is 113 cm³/mol. The van der Waals surface area contributed by atoms with Crippen LogP contribution in [0.1, 0.15) is 0 Å². The van der Waals surface area contributed by atoms with Gasteiger partial charge in [-0.05, 0) is 35.7 Å². The molecule has 1 fully saturated rings. The first-order chi connectivity index (χ1) is 13.7. The molecule has 0 radical (unpaired) electrons. The van der Waals surface area contributed by atoms with Gasteiger partial charge in [-0.3, -0.25) is 4.79 Å². The number of nitrogens with one attached hydrogen (secondary N) is 2. The highest BCUT2D eigenvalue weighted by molar-refractivity contribution is 6.02. The van der Waals surface area contributed by atoms with Gasteiger partial charge in [0.1, 0.15) is 5.75 Å². The van der Waals surface area contributed by atoms with Gasteiger partial charge in [-0.2, -0.15) is 0 Å². The van der Waals surface area contributed by atoms with Gasteiger partial charge in [-0.25, -0.2) is 0 Å². The van der Waals surface area contributed by atoms with E-state index in [1.807, 2.05) is 42.5 Å². The Morgan fingerprint density at radius 3 is 2.46 bits per heavy atom. The Morgan fingerprint density at radius 2 is 1.71 bits per heavy atom. The summed E-state index contributed by atoms with van der Waals surface area (Å²) in [6.45, 7) is 4.30. The summed E-state index contributed by atoms with van der Waals surface area (Å²) in [5.41, 5.74) is 2.10. The van der Waals surface area contributed by atoms with Crippen LogP contribution < -0.4 is 19.9 Å². The number of benzene rings is 3. The lowest BCUT2D eigenvalue weighted by molar-refractivity contribution is -0.892. The number of ether oxygens (including phenoxy) is 1. The van der Waals surface area contributed by atoms with E-state index in [4.69, 9.17) is 4.74 Å². The molecule has 5 heteroatoms. The second-order valence-corrected chi connectivity index (χ2v) is 7.19. The lowest BCUT2D eigenvalue weighted by Crippen LogP contribution is -3.15. The predicted octanol–water partition coefficient (Wildman–Crippen LogP) is 2.19. The fourth-order valence-corrected chi connectivity index (χ4v) is 3.81. The number of amides is 1. The average Bonchev–Trinajstić information content (AvgIpc) is 2.75. The first kappa shape index (κ1) is 18.3. The Labute approximate surface area is 165 Å². The number of carbonyl (C=O) groups excluding carboxylic acids is 1. The van der Waals surface area contributed by atoms with Crippen LogP contribution in [0.3, 0.4) is 0 Å². The van der Waals surface area contributed by atoms with E-state index in [1.165, 1.54) is 10.6 Å². The minimum Gasteiger partial charge on any atom is -0.497 e. The van der Waals surface area contributed by atoms with Crippen LogP contribution in [-0.2, 0) is 4.79 Å². The van der Waals surface area contributed by atoms with Gasteiger partial charge >= 0.3 is 0 Å². The molecule has 0 unspecified atom stereocenters. The third-order valence-electron chi connectivity index (χ3n) is 5.38. The summed E-state index contributed by atoms with van der Waals surface area (Å²) in [7, 11) is 1.68.